The fraction of sp³-hybridized carbons (Fsp3) is 0.458. The minimum atomic E-state index is -5.01. The van der Waals surface area contributed by atoms with Crippen LogP contribution in [-0.4, -0.2) is 30.0 Å². The largest absolute Gasteiger partial charge is 0.444 e. The van der Waals surface area contributed by atoms with E-state index in [1.165, 1.54) is 6.92 Å². The molecular weight excluding hydrogens is 480 g/mol. The molecule has 0 radical (unpaired) electrons. The maximum absolute atomic E-state index is 13.2. The number of ether oxygens (including phenoxy) is 2. The number of aliphatic hydroxyl groups excluding tert-OH is 1. The molecule has 0 saturated heterocycles. The van der Waals surface area contributed by atoms with Crippen molar-refractivity contribution in [2.24, 2.45) is 0 Å². The molecule has 35 heavy (non-hydrogen) atoms. The molecule has 1 amide bonds. The van der Waals surface area contributed by atoms with Crippen LogP contribution < -0.4 is 5.32 Å². The number of halogens is 6. The summed E-state index contributed by atoms with van der Waals surface area (Å²) in [5.41, 5.74) is -5.39. The molecule has 2 rings (SSSR count). The smallest absolute Gasteiger partial charge is 0.416 e. The molecule has 0 fully saturated rings. The molecule has 2 aromatic rings. The van der Waals surface area contributed by atoms with Crippen molar-refractivity contribution in [1.82, 2.24) is 5.32 Å². The molecule has 0 spiro atoms. The molecule has 0 aromatic heterocycles. The van der Waals surface area contributed by atoms with Crippen LogP contribution in [-0.2, 0) is 27.4 Å². The number of nitrogens with one attached hydrogen (secondary N) is 1. The van der Waals surface area contributed by atoms with Gasteiger partial charge in [0.1, 0.15) is 11.1 Å². The molecule has 0 heterocycles. The highest BCUT2D eigenvalue weighted by Crippen LogP contribution is 2.38. The Morgan fingerprint density at radius 3 is 1.86 bits per heavy atom. The maximum atomic E-state index is 13.2. The van der Waals surface area contributed by atoms with E-state index in [4.69, 9.17) is 9.47 Å². The van der Waals surface area contributed by atoms with E-state index in [0.717, 1.165) is 0 Å². The number of rotatable bonds is 7. The second-order valence-corrected chi connectivity index (χ2v) is 9.03. The fourth-order valence-electron chi connectivity index (χ4n) is 3.20. The van der Waals surface area contributed by atoms with Gasteiger partial charge in [0, 0.05) is 0 Å². The minimum Gasteiger partial charge on any atom is -0.444 e. The second kappa shape index (κ2) is 10.4. The molecule has 2 N–H and O–H groups in total. The Labute approximate surface area is 199 Å². The number of hydrogen-bond acceptors (Lipinski definition) is 4. The number of alkyl halides is 6. The van der Waals surface area contributed by atoms with Crippen molar-refractivity contribution in [3.63, 3.8) is 0 Å². The Bertz CT molecular complexity index is 970. The number of aliphatic hydroxyl groups is 1. The zero-order chi connectivity index (χ0) is 26.7. The summed E-state index contributed by atoms with van der Waals surface area (Å²) in [5.74, 6) is 0. The Morgan fingerprint density at radius 2 is 1.43 bits per heavy atom. The van der Waals surface area contributed by atoms with E-state index in [1.54, 1.807) is 51.1 Å². The molecule has 194 valence electrons. The quantitative estimate of drug-likeness (QED) is 0.437. The lowest BCUT2D eigenvalue weighted by Gasteiger charge is -2.35. The summed E-state index contributed by atoms with van der Waals surface area (Å²) >= 11 is 0. The van der Waals surface area contributed by atoms with E-state index in [1.807, 2.05) is 0 Å². The van der Waals surface area contributed by atoms with Gasteiger partial charge in [-0.2, -0.15) is 26.3 Å². The van der Waals surface area contributed by atoms with Crippen LogP contribution in [0.1, 0.15) is 56.1 Å². The lowest BCUT2D eigenvalue weighted by molar-refractivity contribution is -0.143. The zero-order valence-corrected chi connectivity index (χ0v) is 19.6. The van der Waals surface area contributed by atoms with Gasteiger partial charge >= 0.3 is 18.4 Å². The number of hydrogen-bond donors (Lipinski definition) is 2. The van der Waals surface area contributed by atoms with Gasteiger partial charge in [-0.15, -0.1) is 0 Å². The van der Waals surface area contributed by atoms with Gasteiger partial charge in [0.25, 0.3) is 0 Å². The molecular formula is C24H27F6NO4. The van der Waals surface area contributed by atoms with E-state index in [9.17, 15) is 36.2 Å². The van der Waals surface area contributed by atoms with Gasteiger partial charge in [0.05, 0.1) is 30.4 Å². The summed E-state index contributed by atoms with van der Waals surface area (Å²) in [4.78, 5) is 12.5. The molecule has 0 aliphatic heterocycles. The van der Waals surface area contributed by atoms with Gasteiger partial charge in [-0.1, -0.05) is 30.3 Å². The maximum Gasteiger partial charge on any atom is 0.416 e. The zero-order valence-electron chi connectivity index (χ0n) is 19.6. The minimum absolute atomic E-state index is 0.0300. The third-order valence-electron chi connectivity index (χ3n) is 5.00. The van der Waals surface area contributed by atoms with Gasteiger partial charge in [-0.05, 0) is 57.0 Å². The van der Waals surface area contributed by atoms with Crippen molar-refractivity contribution < 1.29 is 45.7 Å². The first kappa shape index (κ1) is 28.4. The van der Waals surface area contributed by atoms with E-state index in [0.29, 0.717) is 17.7 Å². The van der Waals surface area contributed by atoms with Crippen molar-refractivity contribution in [1.29, 1.82) is 0 Å². The SMILES string of the molecule is C[C@@H](OC[C@@](CO)(NC(=O)OC(C)(C)C)c1ccccc1)c1cc(C(F)(F)F)cc(C(F)(F)F)c1. The van der Waals surface area contributed by atoms with Crippen LogP contribution in [0.4, 0.5) is 31.1 Å². The number of amides is 1. The van der Waals surface area contributed by atoms with Gasteiger partial charge in [0.15, 0.2) is 0 Å². The fourth-order valence-corrected chi connectivity index (χ4v) is 3.20. The van der Waals surface area contributed by atoms with E-state index >= 15 is 0 Å². The van der Waals surface area contributed by atoms with Crippen LogP contribution in [0.5, 0.6) is 0 Å². The Hall–Kier alpha value is -2.79. The number of carbonyl (C=O) groups is 1. The van der Waals surface area contributed by atoms with Crippen LogP contribution in [0, 0.1) is 0 Å². The van der Waals surface area contributed by atoms with Gasteiger partial charge in [-0.3, -0.25) is 0 Å². The predicted molar refractivity (Wildman–Crippen MR) is 115 cm³/mol. The molecule has 2 atom stereocenters. The first-order valence-electron chi connectivity index (χ1n) is 10.6. The highest BCUT2D eigenvalue weighted by Gasteiger charge is 2.39. The average Bonchev–Trinajstić information content (AvgIpc) is 2.74. The van der Waals surface area contributed by atoms with Crippen molar-refractivity contribution in [3.8, 4) is 0 Å². The van der Waals surface area contributed by atoms with Crippen LogP contribution in [0.25, 0.3) is 0 Å². The van der Waals surface area contributed by atoms with Crippen molar-refractivity contribution in [2.45, 2.75) is 57.3 Å². The van der Waals surface area contributed by atoms with Gasteiger partial charge < -0.3 is 19.9 Å². The predicted octanol–water partition coefficient (Wildman–Crippen LogP) is 6.21. The molecule has 0 unspecified atom stereocenters. The highest BCUT2D eigenvalue weighted by atomic mass is 19.4. The molecule has 5 nitrogen and oxygen atoms in total. The lowest BCUT2D eigenvalue weighted by atomic mass is 9.91. The van der Waals surface area contributed by atoms with Crippen LogP contribution in [0.2, 0.25) is 0 Å². The molecule has 0 aliphatic rings. The third kappa shape index (κ3) is 7.86. The second-order valence-electron chi connectivity index (χ2n) is 9.03. The normalized spacial score (nSPS) is 15.3. The summed E-state index contributed by atoms with van der Waals surface area (Å²) in [5, 5.41) is 12.7. The summed E-state index contributed by atoms with van der Waals surface area (Å²) in [6.45, 7) is 4.97. The summed E-state index contributed by atoms with van der Waals surface area (Å²) in [6.07, 6.45) is -12.2. The monoisotopic (exact) mass is 507 g/mol. The summed E-state index contributed by atoms with van der Waals surface area (Å²) in [7, 11) is 0. The average molecular weight is 507 g/mol. The molecule has 0 aliphatic carbocycles. The van der Waals surface area contributed by atoms with Crippen LogP contribution >= 0.6 is 0 Å². The van der Waals surface area contributed by atoms with Crippen molar-refractivity contribution in [2.75, 3.05) is 13.2 Å². The first-order chi connectivity index (χ1) is 16.0. The van der Waals surface area contributed by atoms with E-state index in [-0.39, 0.29) is 11.6 Å². The summed E-state index contributed by atoms with van der Waals surface area (Å²) < 4.78 is 90.2. The first-order valence-corrected chi connectivity index (χ1v) is 10.6. The highest BCUT2D eigenvalue weighted by molar-refractivity contribution is 5.69. The number of benzene rings is 2. The summed E-state index contributed by atoms with van der Waals surface area (Å²) in [6, 6.07) is 9.27. The number of alkyl carbamates (subject to hydrolysis) is 1. The van der Waals surface area contributed by atoms with Gasteiger partial charge in [-0.25, -0.2) is 4.79 Å². The molecule has 11 heteroatoms. The van der Waals surface area contributed by atoms with Crippen molar-refractivity contribution in [3.05, 3.63) is 70.8 Å². The Morgan fingerprint density at radius 1 is 0.914 bits per heavy atom. The standard InChI is InChI=1S/C24H27F6NO4/c1-15(16-10-18(23(25,26)27)12-19(11-16)24(28,29)30)34-14-22(13-32,17-8-6-5-7-9-17)31-20(33)35-21(2,3)4/h5-12,15,32H,13-14H2,1-4H3,(H,31,33)/t15-,22-/m1/s1. The van der Waals surface area contributed by atoms with Gasteiger partial charge in [0.2, 0.25) is 0 Å². The molecule has 0 bridgehead atoms. The van der Waals surface area contributed by atoms with Crippen LogP contribution in [0.15, 0.2) is 48.5 Å². The lowest BCUT2D eigenvalue weighted by Crippen LogP contribution is -2.53. The topological polar surface area (TPSA) is 67.8 Å². The van der Waals surface area contributed by atoms with E-state index < -0.39 is 60.0 Å². The third-order valence-corrected chi connectivity index (χ3v) is 5.00. The Balaban J connectivity index is 2.40. The van der Waals surface area contributed by atoms with Crippen molar-refractivity contribution >= 4 is 6.09 Å². The van der Waals surface area contributed by atoms with Crippen LogP contribution in [0.3, 0.4) is 0 Å². The van der Waals surface area contributed by atoms with E-state index in [2.05, 4.69) is 5.32 Å². The Kier molecular flexibility index (Phi) is 8.49. The molecule has 0 saturated carbocycles. The molecule has 2 aromatic carbocycles. The number of carbonyl (C=O) groups excluding carboxylic acids is 1.